The van der Waals surface area contributed by atoms with Gasteiger partial charge in [-0.15, -0.1) is 0 Å². The van der Waals surface area contributed by atoms with Gasteiger partial charge in [0.1, 0.15) is 0 Å². The molecule has 3 nitrogen and oxygen atoms in total. The second-order valence-electron chi connectivity index (χ2n) is 10.1. The number of hydrogen-bond acceptors (Lipinski definition) is 3. The van der Waals surface area contributed by atoms with Gasteiger partial charge in [0.25, 0.3) is 0 Å². The Labute approximate surface area is 186 Å². The zero-order chi connectivity index (χ0) is 22.9. The lowest BCUT2D eigenvalue weighted by Crippen LogP contribution is -2.50. The molecule has 0 aromatic heterocycles. The molecular weight excluding hydrogens is 388 g/mol. The molecule has 1 rings (SSSR count). The molecule has 1 aromatic carbocycles. The van der Waals surface area contributed by atoms with Crippen molar-refractivity contribution in [1.29, 1.82) is 0 Å². The summed E-state index contributed by atoms with van der Waals surface area (Å²) in [6.07, 6.45) is 4.48. The Morgan fingerprint density at radius 3 is 1.83 bits per heavy atom. The van der Waals surface area contributed by atoms with Crippen molar-refractivity contribution in [3.63, 3.8) is 0 Å². The van der Waals surface area contributed by atoms with Crippen molar-refractivity contribution in [2.75, 3.05) is 0 Å². The van der Waals surface area contributed by atoms with E-state index in [-0.39, 0.29) is 6.10 Å². The maximum atomic E-state index is 10.4. The van der Waals surface area contributed by atoms with Crippen LogP contribution in [0.2, 0.25) is 16.6 Å². The molecule has 3 atom stereocenters. The van der Waals surface area contributed by atoms with E-state index in [9.17, 15) is 10.2 Å². The predicted octanol–water partition coefficient (Wildman–Crippen LogP) is 6.50. The molecule has 0 saturated carbocycles. The summed E-state index contributed by atoms with van der Waals surface area (Å²) in [5.41, 5.74) is 2.80. The Morgan fingerprint density at radius 2 is 1.37 bits per heavy atom. The number of aliphatic hydroxyl groups excluding tert-OH is 2. The van der Waals surface area contributed by atoms with Crippen molar-refractivity contribution in [2.24, 2.45) is 5.92 Å². The minimum atomic E-state index is -2.05. The highest BCUT2D eigenvalue weighted by Gasteiger charge is 2.46. The second-order valence-corrected chi connectivity index (χ2v) is 15.5. The summed E-state index contributed by atoms with van der Waals surface area (Å²) in [5, 5.41) is 20.7. The van der Waals surface area contributed by atoms with E-state index < -0.39 is 20.5 Å². The molecule has 0 saturated heterocycles. The van der Waals surface area contributed by atoms with Crippen LogP contribution in [0.5, 0.6) is 0 Å². The first-order chi connectivity index (χ1) is 14.0. The van der Waals surface area contributed by atoms with Gasteiger partial charge >= 0.3 is 0 Å². The summed E-state index contributed by atoms with van der Waals surface area (Å²) in [5.74, 6) is 0.344. The van der Waals surface area contributed by atoms with Gasteiger partial charge in [-0.3, -0.25) is 0 Å². The van der Waals surface area contributed by atoms with Crippen molar-refractivity contribution in [2.45, 2.75) is 110 Å². The fraction of sp³-hybridized carbons (Fsp3) is 0.692. The first-order valence-electron chi connectivity index (χ1n) is 11.8. The molecule has 0 radical (unpaired) electrons. The standard InChI is InChI=1S/C26H46O3Si/c1-19(2)18-26(28)25(27)17-16-24(15-14-23-12-10-9-11-13-23)29-30(20(3)4,21(5)6)22(7)8/h9-13,16-17,19-22,24-28H,14-15,18H2,1-8H3/b17-16-/t24-,25-,26+/m0/s1. The average Bonchev–Trinajstić information content (AvgIpc) is 2.66. The van der Waals surface area contributed by atoms with Crippen molar-refractivity contribution in [3.05, 3.63) is 48.0 Å². The van der Waals surface area contributed by atoms with Crippen LogP contribution in [0.1, 0.15) is 73.8 Å². The minimum Gasteiger partial charge on any atom is -0.410 e. The smallest absolute Gasteiger partial charge is 0.201 e. The van der Waals surface area contributed by atoms with Crippen LogP contribution in [0.4, 0.5) is 0 Å². The molecule has 2 N–H and O–H groups in total. The predicted molar refractivity (Wildman–Crippen MR) is 131 cm³/mol. The molecule has 0 fully saturated rings. The van der Waals surface area contributed by atoms with Gasteiger partial charge < -0.3 is 14.6 Å². The quantitative estimate of drug-likeness (QED) is 0.275. The maximum absolute atomic E-state index is 10.4. The zero-order valence-electron chi connectivity index (χ0n) is 20.5. The highest BCUT2D eigenvalue weighted by atomic mass is 28.4. The minimum absolute atomic E-state index is 0.0648. The summed E-state index contributed by atoms with van der Waals surface area (Å²) in [6, 6.07) is 10.5. The molecule has 0 spiro atoms. The Bertz CT molecular complexity index is 588. The van der Waals surface area contributed by atoms with Gasteiger partial charge in [0, 0.05) is 0 Å². The molecular formula is C26H46O3Si. The number of aryl methyl sites for hydroxylation is 1. The van der Waals surface area contributed by atoms with Crippen molar-refractivity contribution >= 4 is 8.32 Å². The van der Waals surface area contributed by atoms with Gasteiger partial charge in [-0.2, -0.15) is 0 Å². The lowest BCUT2D eigenvalue weighted by molar-refractivity contribution is 0.0344. The van der Waals surface area contributed by atoms with Crippen molar-refractivity contribution in [1.82, 2.24) is 0 Å². The second kappa shape index (κ2) is 12.8. The monoisotopic (exact) mass is 434 g/mol. The van der Waals surface area contributed by atoms with Crippen LogP contribution >= 0.6 is 0 Å². The SMILES string of the molecule is CC(C)C[C@@H](O)[C@@H](O)/C=C\[C@H](CCc1ccccc1)O[Si](C(C)C)(C(C)C)C(C)C. The lowest BCUT2D eigenvalue weighted by Gasteiger charge is -2.44. The van der Waals surface area contributed by atoms with Crippen LogP contribution in [0, 0.1) is 5.92 Å². The maximum Gasteiger partial charge on any atom is 0.201 e. The lowest BCUT2D eigenvalue weighted by atomic mass is 10.0. The number of aliphatic hydroxyl groups is 2. The Hall–Kier alpha value is -0.943. The topological polar surface area (TPSA) is 49.7 Å². The fourth-order valence-corrected chi connectivity index (χ4v) is 10.3. The molecule has 0 unspecified atom stereocenters. The molecule has 0 bridgehead atoms. The molecule has 30 heavy (non-hydrogen) atoms. The number of benzene rings is 1. The average molecular weight is 435 g/mol. The van der Waals surface area contributed by atoms with Gasteiger partial charge in [0.05, 0.1) is 18.3 Å². The van der Waals surface area contributed by atoms with Crippen LogP contribution in [0.15, 0.2) is 42.5 Å². The van der Waals surface area contributed by atoms with Crippen LogP contribution in [-0.4, -0.2) is 36.8 Å². The Kier molecular flexibility index (Phi) is 11.6. The van der Waals surface area contributed by atoms with Crippen molar-refractivity contribution in [3.8, 4) is 0 Å². The Balaban J connectivity index is 3.07. The molecule has 1 aromatic rings. The number of rotatable bonds is 13. The van der Waals surface area contributed by atoms with Crippen LogP contribution < -0.4 is 0 Å². The van der Waals surface area contributed by atoms with Gasteiger partial charge in [-0.25, -0.2) is 0 Å². The summed E-state index contributed by atoms with van der Waals surface area (Å²) >= 11 is 0. The van der Waals surface area contributed by atoms with Crippen LogP contribution in [0.3, 0.4) is 0 Å². The third-order valence-electron chi connectivity index (χ3n) is 6.25. The largest absolute Gasteiger partial charge is 0.410 e. The third kappa shape index (κ3) is 7.95. The van der Waals surface area contributed by atoms with E-state index in [0.29, 0.717) is 29.0 Å². The zero-order valence-corrected chi connectivity index (χ0v) is 21.5. The van der Waals surface area contributed by atoms with Gasteiger partial charge in [-0.1, -0.05) is 97.9 Å². The van der Waals surface area contributed by atoms with Crippen LogP contribution in [0.25, 0.3) is 0 Å². The normalized spacial score (nSPS) is 16.2. The van der Waals surface area contributed by atoms with E-state index in [0.717, 1.165) is 12.8 Å². The molecule has 4 heteroatoms. The third-order valence-corrected chi connectivity index (χ3v) is 12.4. The molecule has 0 aliphatic carbocycles. The van der Waals surface area contributed by atoms with E-state index in [1.807, 2.05) is 12.1 Å². The highest BCUT2D eigenvalue weighted by Crippen LogP contribution is 2.43. The summed E-state index contributed by atoms with van der Waals surface area (Å²) in [4.78, 5) is 0. The highest BCUT2D eigenvalue weighted by molar-refractivity contribution is 6.77. The van der Waals surface area contributed by atoms with Gasteiger partial charge in [0.2, 0.25) is 8.32 Å². The molecule has 0 amide bonds. The van der Waals surface area contributed by atoms with E-state index in [1.54, 1.807) is 6.08 Å². The van der Waals surface area contributed by atoms with Gasteiger partial charge in [0.15, 0.2) is 0 Å². The molecule has 0 heterocycles. The van der Waals surface area contributed by atoms with Crippen molar-refractivity contribution < 1.29 is 14.6 Å². The molecule has 0 aliphatic heterocycles. The van der Waals surface area contributed by atoms with E-state index in [1.165, 1.54) is 5.56 Å². The summed E-state index contributed by atoms with van der Waals surface area (Å²) in [7, 11) is -2.05. The first kappa shape index (κ1) is 27.1. The Morgan fingerprint density at radius 1 is 0.833 bits per heavy atom. The first-order valence-corrected chi connectivity index (χ1v) is 13.9. The molecule has 172 valence electrons. The molecule has 0 aliphatic rings. The van der Waals surface area contributed by atoms with E-state index in [4.69, 9.17) is 4.43 Å². The summed E-state index contributed by atoms with van der Waals surface area (Å²) < 4.78 is 7.01. The van der Waals surface area contributed by atoms with Gasteiger partial charge in [-0.05, 0) is 47.4 Å². The summed E-state index contributed by atoms with van der Waals surface area (Å²) in [6.45, 7) is 17.9. The fourth-order valence-electron chi connectivity index (χ4n) is 4.81. The van der Waals surface area contributed by atoms with E-state index in [2.05, 4.69) is 79.7 Å². The van der Waals surface area contributed by atoms with E-state index >= 15 is 0 Å². The van der Waals surface area contributed by atoms with Crippen LogP contribution in [-0.2, 0) is 10.8 Å². The number of hydrogen-bond donors (Lipinski definition) is 2.